The van der Waals surface area contributed by atoms with Crippen molar-refractivity contribution in [3.8, 4) is 0 Å². The van der Waals surface area contributed by atoms with Gasteiger partial charge in [-0.05, 0) is 43.7 Å². The standard InChI is InChI=1S/C15H23N/c1-2-3-9-14-10-5-6-11-15(14)16-12-7-4-8-13-16/h5-6,10-11H,2-4,7-9,12-13H2,1H3. The summed E-state index contributed by atoms with van der Waals surface area (Å²) in [6, 6.07) is 8.97. The Morgan fingerprint density at radius 3 is 2.56 bits per heavy atom. The summed E-state index contributed by atoms with van der Waals surface area (Å²) in [4.78, 5) is 2.58. The zero-order valence-electron chi connectivity index (χ0n) is 10.4. The summed E-state index contributed by atoms with van der Waals surface area (Å²) < 4.78 is 0. The van der Waals surface area contributed by atoms with Gasteiger partial charge in [-0.2, -0.15) is 0 Å². The van der Waals surface area contributed by atoms with Crippen LogP contribution >= 0.6 is 0 Å². The summed E-state index contributed by atoms with van der Waals surface area (Å²) in [5.41, 5.74) is 3.04. The molecule has 0 radical (unpaired) electrons. The third-order valence-corrected chi connectivity index (χ3v) is 3.49. The first-order valence-corrected chi connectivity index (χ1v) is 6.74. The van der Waals surface area contributed by atoms with Gasteiger partial charge in [-0.15, -0.1) is 0 Å². The SMILES string of the molecule is CCCCc1ccccc1N1CCCCC1. The molecule has 0 aliphatic carbocycles. The summed E-state index contributed by atoms with van der Waals surface area (Å²) in [7, 11) is 0. The maximum atomic E-state index is 2.58. The molecule has 0 aromatic heterocycles. The van der Waals surface area contributed by atoms with Gasteiger partial charge in [0.25, 0.3) is 0 Å². The Labute approximate surface area is 99.5 Å². The molecule has 1 aliphatic rings. The highest BCUT2D eigenvalue weighted by atomic mass is 15.1. The second-order valence-electron chi connectivity index (χ2n) is 4.78. The highest BCUT2D eigenvalue weighted by molar-refractivity contribution is 5.53. The minimum Gasteiger partial charge on any atom is -0.371 e. The van der Waals surface area contributed by atoms with E-state index < -0.39 is 0 Å². The number of benzene rings is 1. The van der Waals surface area contributed by atoms with Crippen LogP contribution in [-0.2, 0) is 6.42 Å². The lowest BCUT2D eigenvalue weighted by Crippen LogP contribution is -2.30. The predicted molar refractivity (Wildman–Crippen MR) is 71.1 cm³/mol. The molecule has 1 aliphatic heterocycles. The smallest absolute Gasteiger partial charge is 0.0398 e. The average Bonchev–Trinajstić information content (AvgIpc) is 2.38. The van der Waals surface area contributed by atoms with Crippen LogP contribution in [0.2, 0.25) is 0 Å². The average molecular weight is 217 g/mol. The molecular formula is C15H23N. The Bertz CT molecular complexity index is 313. The second-order valence-corrected chi connectivity index (χ2v) is 4.78. The van der Waals surface area contributed by atoms with Gasteiger partial charge in [0.05, 0.1) is 0 Å². The van der Waals surface area contributed by atoms with Crippen LogP contribution in [-0.4, -0.2) is 13.1 Å². The van der Waals surface area contributed by atoms with E-state index in [4.69, 9.17) is 0 Å². The molecule has 0 unspecified atom stereocenters. The monoisotopic (exact) mass is 217 g/mol. The van der Waals surface area contributed by atoms with E-state index in [0.717, 1.165) is 0 Å². The largest absolute Gasteiger partial charge is 0.371 e. The van der Waals surface area contributed by atoms with Crippen molar-refractivity contribution in [2.75, 3.05) is 18.0 Å². The van der Waals surface area contributed by atoms with Crippen molar-refractivity contribution < 1.29 is 0 Å². The molecule has 0 saturated carbocycles. The van der Waals surface area contributed by atoms with Gasteiger partial charge in [0.15, 0.2) is 0 Å². The number of rotatable bonds is 4. The third kappa shape index (κ3) is 2.78. The molecule has 0 N–H and O–H groups in total. The normalized spacial score (nSPS) is 16.4. The fourth-order valence-electron chi connectivity index (χ4n) is 2.53. The topological polar surface area (TPSA) is 3.24 Å². The number of hydrogen-bond donors (Lipinski definition) is 0. The van der Waals surface area contributed by atoms with E-state index in [1.54, 1.807) is 5.56 Å². The van der Waals surface area contributed by atoms with E-state index in [2.05, 4.69) is 36.1 Å². The van der Waals surface area contributed by atoms with E-state index in [1.807, 2.05) is 0 Å². The van der Waals surface area contributed by atoms with Crippen LogP contribution in [0.25, 0.3) is 0 Å². The van der Waals surface area contributed by atoms with Crippen LogP contribution in [0, 0.1) is 0 Å². The van der Waals surface area contributed by atoms with Crippen LogP contribution in [0.3, 0.4) is 0 Å². The Balaban J connectivity index is 2.11. The van der Waals surface area contributed by atoms with Crippen molar-refractivity contribution in [3.05, 3.63) is 29.8 Å². The second kappa shape index (κ2) is 5.93. The summed E-state index contributed by atoms with van der Waals surface area (Å²) in [6.07, 6.45) is 7.97. The lowest BCUT2D eigenvalue weighted by atomic mass is 10.0. The lowest BCUT2D eigenvalue weighted by Gasteiger charge is -2.30. The first-order chi connectivity index (χ1) is 7.92. The van der Waals surface area contributed by atoms with Gasteiger partial charge >= 0.3 is 0 Å². The Kier molecular flexibility index (Phi) is 4.26. The summed E-state index contributed by atoms with van der Waals surface area (Å²) in [5.74, 6) is 0. The summed E-state index contributed by atoms with van der Waals surface area (Å²) in [6.45, 7) is 4.77. The number of para-hydroxylation sites is 1. The lowest BCUT2D eigenvalue weighted by molar-refractivity contribution is 0.576. The van der Waals surface area contributed by atoms with E-state index in [9.17, 15) is 0 Å². The number of anilines is 1. The van der Waals surface area contributed by atoms with Gasteiger partial charge in [0, 0.05) is 18.8 Å². The molecule has 1 aromatic rings. The van der Waals surface area contributed by atoms with Gasteiger partial charge in [-0.25, -0.2) is 0 Å². The fourth-order valence-corrected chi connectivity index (χ4v) is 2.53. The molecule has 0 spiro atoms. The maximum absolute atomic E-state index is 2.58. The predicted octanol–water partition coefficient (Wildman–Crippen LogP) is 4.02. The van der Waals surface area contributed by atoms with Crippen molar-refractivity contribution >= 4 is 5.69 Å². The number of unbranched alkanes of at least 4 members (excludes halogenated alkanes) is 1. The molecule has 1 nitrogen and oxygen atoms in total. The van der Waals surface area contributed by atoms with Crippen molar-refractivity contribution in [2.45, 2.75) is 45.4 Å². The highest BCUT2D eigenvalue weighted by Crippen LogP contribution is 2.25. The van der Waals surface area contributed by atoms with Crippen LogP contribution in [0.1, 0.15) is 44.6 Å². The highest BCUT2D eigenvalue weighted by Gasteiger charge is 2.13. The number of hydrogen-bond acceptors (Lipinski definition) is 1. The van der Waals surface area contributed by atoms with Gasteiger partial charge in [-0.1, -0.05) is 31.5 Å². The zero-order valence-corrected chi connectivity index (χ0v) is 10.4. The van der Waals surface area contributed by atoms with Crippen LogP contribution < -0.4 is 4.90 Å². The maximum Gasteiger partial charge on any atom is 0.0398 e. The van der Waals surface area contributed by atoms with E-state index >= 15 is 0 Å². The molecule has 0 atom stereocenters. The van der Waals surface area contributed by atoms with Crippen molar-refractivity contribution in [1.29, 1.82) is 0 Å². The molecule has 1 heteroatoms. The fraction of sp³-hybridized carbons (Fsp3) is 0.600. The van der Waals surface area contributed by atoms with Crippen LogP contribution in [0.5, 0.6) is 0 Å². The molecule has 1 fully saturated rings. The molecule has 0 bridgehead atoms. The summed E-state index contributed by atoms with van der Waals surface area (Å²) >= 11 is 0. The Morgan fingerprint density at radius 1 is 1.06 bits per heavy atom. The Hall–Kier alpha value is -0.980. The molecule has 88 valence electrons. The number of aryl methyl sites for hydroxylation is 1. The first kappa shape index (κ1) is 11.5. The van der Waals surface area contributed by atoms with Crippen molar-refractivity contribution in [2.24, 2.45) is 0 Å². The summed E-state index contributed by atoms with van der Waals surface area (Å²) in [5, 5.41) is 0. The van der Waals surface area contributed by atoms with Crippen LogP contribution in [0.4, 0.5) is 5.69 Å². The minimum atomic E-state index is 1.24. The molecule has 1 aromatic carbocycles. The van der Waals surface area contributed by atoms with Crippen molar-refractivity contribution in [1.82, 2.24) is 0 Å². The van der Waals surface area contributed by atoms with Crippen LogP contribution in [0.15, 0.2) is 24.3 Å². The number of nitrogens with zero attached hydrogens (tertiary/aromatic N) is 1. The molecule has 2 rings (SSSR count). The van der Waals surface area contributed by atoms with Gasteiger partial charge < -0.3 is 4.90 Å². The molecular weight excluding hydrogens is 194 g/mol. The molecule has 1 saturated heterocycles. The molecule has 16 heavy (non-hydrogen) atoms. The van der Waals surface area contributed by atoms with Gasteiger partial charge in [0.1, 0.15) is 0 Å². The van der Waals surface area contributed by atoms with Crippen molar-refractivity contribution in [3.63, 3.8) is 0 Å². The zero-order chi connectivity index (χ0) is 11.2. The van der Waals surface area contributed by atoms with Gasteiger partial charge in [0.2, 0.25) is 0 Å². The molecule has 0 amide bonds. The number of piperidine rings is 1. The third-order valence-electron chi connectivity index (χ3n) is 3.49. The first-order valence-electron chi connectivity index (χ1n) is 6.74. The Morgan fingerprint density at radius 2 is 1.81 bits per heavy atom. The van der Waals surface area contributed by atoms with E-state index in [0.29, 0.717) is 0 Å². The van der Waals surface area contributed by atoms with E-state index in [-0.39, 0.29) is 0 Å². The minimum absolute atomic E-state index is 1.24. The molecule has 1 heterocycles. The quantitative estimate of drug-likeness (QED) is 0.736. The van der Waals surface area contributed by atoms with Gasteiger partial charge in [-0.3, -0.25) is 0 Å². The van der Waals surface area contributed by atoms with E-state index in [1.165, 1.54) is 57.3 Å².